The van der Waals surface area contributed by atoms with Crippen LogP contribution in [0.3, 0.4) is 0 Å². The average Bonchev–Trinajstić information content (AvgIpc) is 2.94. The van der Waals surface area contributed by atoms with Gasteiger partial charge in [0.2, 0.25) is 10.0 Å². The number of hydrogen-bond donors (Lipinski definition) is 1. The molecule has 2 rings (SSSR count). The maximum Gasteiger partial charge on any atom is 0.217 e. The van der Waals surface area contributed by atoms with Crippen LogP contribution in [-0.2, 0) is 26.0 Å². The third-order valence-corrected chi connectivity index (χ3v) is 5.63. The summed E-state index contributed by atoms with van der Waals surface area (Å²) >= 11 is 0. The highest BCUT2D eigenvalue weighted by atomic mass is 32.2. The minimum absolute atomic E-state index is 0.255. The summed E-state index contributed by atoms with van der Waals surface area (Å²) in [4.78, 5) is 0. The van der Waals surface area contributed by atoms with Gasteiger partial charge in [-0.1, -0.05) is 12.1 Å². The average molecular weight is 329 g/mol. The predicted molar refractivity (Wildman–Crippen MR) is 83.4 cm³/mol. The first-order chi connectivity index (χ1) is 10.5. The summed E-state index contributed by atoms with van der Waals surface area (Å²) in [5.74, 6) is 0.737. The maximum absolute atomic E-state index is 12.2. The molecule has 124 valence electrons. The molecule has 0 amide bonds. The van der Waals surface area contributed by atoms with Gasteiger partial charge in [0.1, 0.15) is 17.6 Å². The topological polar surface area (TPSA) is 73.9 Å². The summed E-state index contributed by atoms with van der Waals surface area (Å²) in [6.45, 7) is 3.58. The number of benzene rings is 1. The van der Waals surface area contributed by atoms with E-state index in [0.717, 1.165) is 11.3 Å². The molecular weight excluding hydrogens is 306 g/mol. The first kappa shape index (κ1) is 17.2. The lowest BCUT2D eigenvalue weighted by atomic mass is 10.2. The van der Waals surface area contributed by atoms with Crippen LogP contribution in [0.1, 0.15) is 18.9 Å². The Bertz CT molecular complexity index is 558. The molecule has 0 radical (unpaired) electrons. The summed E-state index contributed by atoms with van der Waals surface area (Å²) in [5.41, 5.74) is 0.884. The minimum atomic E-state index is -3.36. The second-order valence-corrected chi connectivity index (χ2v) is 7.24. The molecule has 0 bridgehead atoms. The Morgan fingerprint density at radius 3 is 2.59 bits per heavy atom. The first-order valence-corrected chi connectivity index (χ1v) is 8.88. The highest BCUT2D eigenvalue weighted by molar-refractivity contribution is 7.90. The van der Waals surface area contributed by atoms with Crippen molar-refractivity contribution in [3.63, 3.8) is 0 Å². The smallest absolute Gasteiger partial charge is 0.217 e. The molecule has 0 aliphatic carbocycles. The van der Waals surface area contributed by atoms with E-state index in [0.29, 0.717) is 26.2 Å². The van der Waals surface area contributed by atoms with Crippen LogP contribution >= 0.6 is 0 Å². The van der Waals surface area contributed by atoms with E-state index in [2.05, 4.69) is 4.72 Å². The number of rotatable bonds is 8. The van der Waals surface area contributed by atoms with Crippen LogP contribution in [0.25, 0.3) is 0 Å². The Morgan fingerprint density at radius 1 is 1.27 bits per heavy atom. The van der Waals surface area contributed by atoms with Gasteiger partial charge < -0.3 is 14.2 Å². The van der Waals surface area contributed by atoms with Crippen LogP contribution in [0.4, 0.5) is 0 Å². The van der Waals surface area contributed by atoms with E-state index >= 15 is 0 Å². The van der Waals surface area contributed by atoms with Crippen molar-refractivity contribution in [2.45, 2.75) is 31.2 Å². The Labute approximate surface area is 131 Å². The second kappa shape index (κ2) is 7.92. The van der Waals surface area contributed by atoms with Crippen molar-refractivity contribution >= 4 is 10.0 Å². The fourth-order valence-corrected chi connectivity index (χ4v) is 3.93. The van der Waals surface area contributed by atoms with Crippen molar-refractivity contribution < 1.29 is 22.6 Å². The summed E-state index contributed by atoms with van der Waals surface area (Å²) in [5, 5.41) is -0.468. The fraction of sp³-hybridized carbons (Fsp3) is 0.600. The van der Waals surface area contributed by atoms with Crippen molar-refractivity contribution in [2.24, 2.45) is 0 Å². The zero-order chi connectivity index (χ0) is 16.0. The quantitative estimate of drug-likeness (QED) is 0.728. The van der Waals surface area contributed by atoms with E-state index in [-0.39, 0.29) is 12.6 Å². The lowest BCUT2D eigenvalue weighted by Crippen LogP contribution is -2.37. The van der Waals surface area contributed by atoms with Gasteiger partial charge in [0.15, 0.2) is 0 Å². The van der Waals surface area contributed by atoms with Crippen molar-refractivity contribution in [1.29, 1.82) is 0 Å². The zero-order valence-electron chi connectivity index (χ0n) is 12.9. The molecule has 1 fully saturated rings. The van der Waals surface area contributed by atoms with E-state index in [4.69, 9.17) is 14.2 Å². The Hall–Kier alpha value is -1.15. The van der Waals surface area contributed by atoms with E-state index in [1.165, 1.54) is 0 Å². The third kappa shape index (κ3) is 4.67. The molecule has 0 spiro atoms. The van der Waals surface area contributed by atoms with Crippen LogP contribution in [0, 0.1) is 0 Å². The molecule has 2 atom stereocenters. The molecule has 1 aliphatic rings. The van der Waals surface area contributed by atoms with Gasteiger partial charge in [-0.2, -0.15) is 0 Å². The highest BCUT2D eigenvalue weighted by Crippen LogP contribution is 2.20. The summed E-state index contributed by atoms with van der Waals surface area (Å²) < 4.78 is 42.8. The largest absolute Gasteiger partial charge is 0.491 e. The number of hydrogen-bond acceptors (Lipinski definition) is 5. The van der Waals surface area contributed by atoms with Crippen molar-refractivity contribution in [3.8, 4) is 5.75 Å². The van der Waals surface area contributed by atoms with E-state index in [9.17, 15) is 8.42 Å². The van der Waals surface area contributed by atoms with Gasteiger partial charge >= 0.3 is 0 Å². The molecule has 1 aromatic rings. The first-order valence-electron chi connectivity index (χ1n) is 7.33. The normalized spacial score (nSPS) is 21.9. The molecule has 0 saturated carbocycles. The molecule has 0 aromatic heterocycles. The standard InChI is InChI=1S/C15H23NO5S/c1-12-15(7-8-20-12)22(17,18)16-11-13-3-5-14(6-4-13)21-10-9-19-2/h3-6,12,15-16H,7-11H2,1-2H3/t12-,15-/m1/s1. The van der Waals surface area contributed by atoms with Crippen molar-refractivity contribution in [2.75, 3.05) is 26.9 Å². The monoisotopic (exact) mass is 329 g/mol. The molecule has 0 unspecified atom stereocenters. The molecule has 1 aliphatic heterocycles. The number of sulfonamides is 1. The van der Waals surface area contributed by atoms with Gasteiger partial charge in [0.05, 0.1) is 12.7 Å². The maximum atomic E-state index is 12.2. The van der Waals surface area contributed by atoms with Crippen LogP contribution in [0.15, 0.2) is 24.3 Å². The summed E-state index contributed by atoms with van der Waals surface area (Å²) in [6, 6.07) is 7.33. The van der Waals surface area contributed by atoms with Crippen LogP contribution < -0.4 is 9.46 Å². The van der Waals surface area contributed by atoms with Gasteiger partial charge in [-0.05, 0) is 31.0 Å². The summed E-state index contributed by atoms with van der Waals surface area (Å²) in [6.07, 6.45) is 0.289. The molecule has 7 heteroatoms. The number of nitrogens with one attached hydrogen (secondary N) is 1. The lowest BCUT2D eigenvalue weighted by molar-refractivity contribution is 0.126. The Morgan fingerprint density at radius 2 is 2.00 bits per heavy atom. The van der Waals surface area contributed by atoms with Crippen LogP contribution in [0.2, 0.25) is 0 Å². The molecule has 1 aromatic carbocycles. The fourth-order valence-electron chi connectivity index (χ4n) is 2.36. The van der Waals surface area contributed by atoms with Gasteiger partial charge in [-0.25, -0.2) is 13.1 Å². The van der Waals surface area contributed by atoms with E-state index < -0.39 is 15.3 Å². The predicted octanol–water partition coefficient (Wildman–Crippen LogP) is 1.31. The van der Waals surface area contributed by atoms with Gasteiger partial charge in [0.25, 0.3) is 0 Å². The second-order valence-electron chi connectivity index (χ2n) is 5.25. The van der Waals surface area contributed by atoms with Gasteiger partial charge in [-0.15, -0.1) is 0 Å². The molecule has 1 saturated heterocycles. The highest BCUT2D eigenvalue weighted by Gasteiger charge is 2.35. The van der Waals surface area contributed by atoms with Crippen LogP contribution in [-0.4, -0.2) is 46.7 Å². The van der Waals surface area contributed by atoms with E-state index in [1.54, 1.807) is 14.0 Å². The SMILES string of the molecule is COCCOc1ccc(CNS(=O)(=O)[C@@H]2CCO[C@@H]2C)cc1. The number of ether oxygens (including phenoxy) is 3. The summed E-state index contributed by atoms with van der Waals surface area (Å²) in [7, 11) is -1.74. The molecule has 22 heavy (non-hydrogen) atoms. The number of methoxy groups -OCH3 is 1. The molecular formula is C15H23NO5S. The Balaban J connectivity index is 1.86. The minimum Gasteiger partial charge on any atom is -0.491 e. The van der Waals surface area contributed by atoms with E-state index in [1.807, 2.05) is 24.3 Å². The molecule has 6 nitrogen and oxygen atoms in total. The molecule has 1 heterocycles. The van der Waals surface area contributed by atoms with Crippen LogP contribution in [0.5, 0.6) is 5.75 Å². The van der Waals surface area contributed by atoms with Crippen molar-refractivity contribution in [1.82, 2.24) is 4.72 Å². The Kier molecular flexibility index (Phi) is 6.19. The lowest BCUT2D eigenvalue weighted by Gasteiger charge is -2.16. The zero-order valence-corrected chi connectivity index (χ0v) is 13.8. The van der Waals surface area contributed by atoms with Crippen molar-refractivity contribution in [3.05, 3.63) is 29.8 Å². The van der Waals surface area contributed by atoms with Gasteiger partial charge in [-0.3, -0.25) is 0 Å². The molecule has 1 N–H and O–H groups in total. The third-order valence-electron chi connectivity index (χ3n) is 3.66. The van der Waals surface area contributed by atoms with Gasteiger partial charge in [0, 0.05) is 20.3 Å².